The number of anilines is 1. The zero-order chi connectivity index (χ0) is 18.6. The molecule has 0 aliphatic carbocycles. The summed E-state index contributed by atoms with van der Waals surface area (Å²) in [5.41, 5.74) is 2.64. The van der Waals surface area contributed by atoms with Gasteiger partial charge in [-0.05, 0) is 48.9 Å². The highest BCUT2D eigenvalue weighted by molar-refractivity contribution is 6.30. The van der Waals surface area contributed by atoms with Gasteiger partial charge in [-0.1, -0.05) is 35.0 Å². The average Bonchev–Trinajstić information content (AvgIpc) is 3.13. The van der Waals surface area contributed by atoms with E-state index in [2.05, 4.69) is 25.4 Å². The first-order valence-electron chi connectivity index (χ1n) is 8.39. The molecule has 1 aromatic carbocycles. The molecule has 27 heavy (non-hydrogen) atoms. The van der Waals surface area contributed by atoms with Crippen molar-refractivity contribution in [1.29, 1.82) is 0 Å². The Balaban J connectivity index is 1.70. The van der Waals surface area contributed by atoms with Crippen LogP contribution in [-0.2, 0) is 0 Å². The topological polar surface area (TPSA) is 76.7 Å². The number of hydrogen-bond acceptors (Lipinski definition) is 6. The van der Waals surface area contributed by atoms with Crippen LogP contribution in [0.15, 0.2) is 71.5 Å². The van der Waals surface area contributed by atoms with E-state index in [0.717, 1.165) is 16.8 Å². The highest BCUT2D eigenvalue weighted by atomic mass is 35.5. The minimum absolute atomic E-state index is 0.211. The van der Waals surface area contributed by atoms with Gasteiger partial charge in [0.1, 0.15) is 5.82 Å². The van der Waals surface area contributed by atoms with Crippen LogP contribution in [0.4, 0.5) is 5.82 Å². The summed E-state index contributed by atoms with van der Waals surface area (Å²) in [6, 6.07) is 17.0. The lowest BCUT2D eigenvalue weighted by atomic mass is 10.0. The van der Waals surface area contributed by atoms with Crippen LogP contribution in [-0.4, -0.2) is 20.1 Å². The highest BCUT2D eigenvalue weighted by Gasteiger charge is 2.17. The van der Waals surface area contributed by atoms with E-state index in [-0.39, 0.29) is 6.04 Å². The highest BCUT2D eigenvalue weighted by Crippen LogP contribution is 2.28. The lowest BCUT2D eigenvalue weighted by Gasteiger charge is -2.20. The number of benzene rings is 1. The Kier molecular flexibility index (Phi) is 4.80. The molecule has 3 aromatic heterocycles. The number of aromatic nitrogens is 4. The van der Waals surface area contributed by atoms with Crippen LogP contribution in [0, 0.1) is 6.92 Å². The van der Waals surface area contributed by atoms with Gasteiger partial charge in [-0.25, -0.2) is 4.98 Å². The molecular formula is C20H16ClN5O. The first-order valence-corrected chi connectivity index (χ1v) is 8.76. The Morgan fingerprint density at radius 3 is 2.67 bits per heavy atom. The average molecular weight is 378 g/mol. The van der Waals surface area contributed by atoms with Crippen LogP contribution in [0.1, 0.15) is 23.1 Å². The zero-order valence-corrected chi connectivity index (χ0v) is 15.3. The van der Waals surface area contributed by atoms with Gasteiger partial charge < -0.3 is 9.84 Å². The molecule has 4 aromatic rings. The van der Waals surface area contributed by atoms with Gasteiger partial charge >= 0.3 is 0 Å². The standard InChI is InChI=1S/C20H16ClN5O/c1-13-24-20(27-26-13)15-8-10-23-18(12-15)25-19(17-7-2-3-9-22-17)14-5-4-6-16(21)11-14/h2-12,19H,1H3,(H,23,25). The van der Waals surface area contributed by atoms with Crippen molar-refractivity contribution < 1.29 is 4.52 Å². The normalized spacial score (nSPS) is 11.9. The number of hydrogen-bond donors (Lipinski definition) is 1. The van der Waals surface area contributed by atoms with E-state index in [9.17, 15) is 0 Å². The van der Waals surface area contributed by atoms with Crippen molar-refractivity contribution in [3.05, 3.63) is 89.1 Å². The maximum absolute atomic E-state index is 6.20. The number of nitrogens with zero attached hydrogens (tertiary/aromatic N) is 4. The van der Waals surface area contributed by atoms with Crippen molar-refractivity contribution in [3.8, 4) is 11.5 Å². The second-order valence-corrected chi connectivity index (χ2v) is 6.40. The first-order chi connectivity index (χ1) is 13.2. The molecule has 1 unspecified atom stereocenters. The summed E-state index contributed by atoms with van der Waals surface area (Å²) < 4.78 is 5.25. The first kappa shape index (κ1) is 17.2. The molecule has 1 atom stereocenters. The van der Waals surface area contributed by atoms with Gasteiger partial charge in [-0.3, -0.25) is 4.98 Å². The van der Waals surface area contributed by atoms with Crippen molar-refractivity contribution in [2.24, 2.45) is 0 Å². The molecule has 0 fully saturated rings. The molecule has 0 spiro atoms. The lowest BCUT2D eigenvalue weighted by Crippen LogP contribution is -2.14. The summed E-state index contributed by atoms with van der Waals surface area (Å²) in [5.74, 6) is 1.70. The number of pyridine rings is 2. The van der Waals surface area contributed by atoms with Crippen LogP contribution in [0.2, 0.25) is 5.02 Å². The zero-order valence-electron chi connectivity index (χ0n) is 14.5. The van der Waals surface area contributed by atoms with E-state index in [4.69, 9.17) is 16.1 Å². The number of halogens is 1. The smallest absolute Gasteiger partial charge is 0.258 e. The predicted octanol–water partition coefficient (Wildman–Crippen LogP) is 4.69. The largest absolute Gasteiger partial charge is 0.358 e. The van der Waals surface area contributed by atoms with Gasteiger partial charge in [0.15, 0.2) is 5.82 Å². The van der Waals surface area contributed by atoms with E-state index < -0.39 is 0 Å². The summed E-state index contributed by atoms with van der Waals surface area (Å²) in [7, 11) is 0. The Hall–Kier alpha value is -3.25. The molecule has 3 heterocycles. The molecule has 0 amide bonds. The summed E-state index contributed by atoms with van der Waals surface area (Å²) in [5, 5.41) is 7.94. The molecule has 1 N–H and O–H groups in total. The molecule has 0 saturated carbocycles. The SMILES string of the molecule is Cc1noc(-c2ccnc(NC(c3cccc(Cl)c3)c3ccccn3)c2)n1. The maximum atomic E-state index is 6.20. The van der Waals surface area contributed by atoms with E-state index >= 15 is 0 Å². The summed E-state index contributed by atoms with van der Waals surface area (Å²) in [6.07, 6.45) is 3.46. The van der Waals surface area contributed by atoms with E-state index in [1.807, 2.05) is 54.6 Å². The molecule has 134 valence electrons. The van der Waals surface area contributed by atoms with Crippen molar-refractivity contribution >= 4 is 17.4 Å². The fraction of sp³-hybridized carbons (Fsp3) is 0.100. The van der Waals surface area contributed by atoms with Gasteiger partial charge in [-0.2, -0.15) is 4.98 Å². The van der Waals surface area contributed by atoms with Crippen molar-refractivity contribution in [2.45, 2.75) is 13.0 Å². The molecular weight excluding hydrogens is 362 g/mol. The Morgan fingerprint density at radius 2 is 1.93 bits per heavy atom. The molecule has 0 aliphatic heterocycles. The van der Waals surface area contributed by atoms with Crippen LogP contribution >= 0.6 is 11.6 Å². The second-order valence-electron chi connectivity index (χ2n) is 5.96. The van der Waals surface area contributed by atoms with E-state index in [1.165, 1.54) is 0 Å². The quantitative estimate of drug-likeness (QED) is 0.543. The molecule has 0 aliphatic rings. The number of nitrogens with one attached hydrogen (secondary N) is 1. The van der Waals surface area contributed by atoms with Gasteiger partial charge in [0.25, 0.3) is 5.89 Å². The fourth-order valence-electron chi connectivity index (χ4n) is 2.77. The predicted molar refractivity (Wildman–Crippen MR) is 103 cm³/mol. The van der Waals surface area contributed by atoms with E-state index in [1.54, 1.807) is 19.3 Å². The van der Waals surface area contributed by atoms with Gasteiger partial charge in [0, 0.05) is 23.0 Å². The third kappa shape index (κ3) is 3.96. The molecule has 4 rings (SSSR count). The van der Waals surface area contributed by atoms with Crippen molar-refractivity contribution in [2.75, 3.05) is 5.32 Å². The number of aryl methyl sites for hydroxylation is 1. The van der Waals surface area contributed by atoms with Gasteiger partial charge in [0.2, 0.25) is 0 Å². The molecule has 6 nitrogen and oxygen atoms in total. The van der Waals surface area contributed by atoms with Crippen molar-refractivity contribution in [3.63, 3.8) is 0 Å². The lowest BCUT2D eigenvalue weighted by molar-refractivity contribution is 0.425. The molecule has 7 heteroatoms. The van der Waals surface area contributed by atoms with Crippen molar-refractivity contribution in [1.82, 2.24) is 20.1 Å². The van der Waals surface area contributed by atoms with Crippen LogP contribution < -0.4 is 5.32 Å². The van der Waals surface area contributed by atoms with Crippen LogP contribution in [0.5, 0.6) is 0 Å². The Bertz CT molecular complexity index is 1050. The fourth-order valence-corrected chi connectivity index (χ4v) is 2.96. The Morgan fingerprint density at radius 1 is 1.00 bits per heavy atom. The molecule has 0 radical (unpaired) electrons. The van der Waals surface area contributed by atoms with Crippen LogP contribution in [0.3, 0.4) is 0 Å². The minimum atomic E-state index is -0.211. The summed E-state index contributed by atoms with van der Waals surface area (Å²) in [6.45, 7) is 1.78. The van der Waals surface area contributed by atoms with Gasteiger partial charge in [0.05, 0.1) is 11.7 Å². The van der Waals surface area contributed by atoms with E-state index in [0.29, 0.717) is 22.6 Å². The molecule has 0 saturated heterocycles. The third-order valence-corrected chi connectivity index (χ3v) is 4.23. The minimum Gasteiger partial charge on any atom is -0.358 e. The monoisotopic (exact) mass is 377 g/mol. The number of rotatable bonds is 5. The summed E-state index contributed by atoms with van der Waals surface area (Å²) >= 11 is 6.20. The summed E-state index contributed by atoms with van der Waals surface area (Å²) in [4.78, 5) is 13.2. The van der Waals surface area contributed by atoms with Crippen LogP contribution in [0.25, 0.3) is 11.5 Å². The maximum Gasteiger partial charge on any atom is 0.258 e. The van der Waals surface area contributed by atoms with Gasteiger partial charge in [-0.15, -0.1) is 0 Å². The third-order valence-electron chi connectivity index (χ3n) is 3.99. The second kappa shape index (κ2) is 7.55. The Labute approximate surface area is 161 Å². The molecule has 0 bridgehead atoms.